The van der Waals surface area contributed by atoms with Crippen LogP contribution in [0.3, 0.4) is 0 Å². The number of halogens is 3. The SMILES string of the molecule is CCOC(=O)c1cc(F)c(OCC2(N)CC2)c(F)c1.Cl. The molecule has 0 radical (unpaired) electrons. The second kappa shape index (κ2) is 6.37. The molecular weight excluding hydrogens is 292 g/mol. The molecule has 1 saturated carbocycles. The van der Waals surface area contributed by atoms with Gasteiger partial charge in [-0.05, 0) is 31.9 Å². The molecule has 7 heteroatoms. The lowest BCUT2D eigenvalue weighted by Crippen LogP contribution is -2.30. The average molecular weight is 308 g/mol. The van der Waals surface area contributed by atoms with E-state index >= 15 is 0 Å². The van der Waals surface area contributed by atoms with Gasteiger partial charge in [-0.15, -0.1) is 12.4 Å². The van der Waals surface area contributed by atoms with Crippen molar-refractivity contribution in [3.63, 3.8) is 0 Å². The normalized spacial score (nSPS) is 15.2. The summed E-state index contributed by atoms with van der Waals surface area (Å²) in [5.41, 5.74) is 5.11. The van der Waals surface area contributed by atoms with Gasteiger partial charge in [-0.3, -0.25) is 0 Å². The average Bonchev–Trinajstić information content (AvgIpc) is 3.06. The molecule has 0 unspecified atom stereocenters. The van der Waals surface area contributed by atoms with Gasteiger partial charge in [0.25, 0.3) is 0 Å². The van der Waals surface area contributed by atoms with Crippen LogP contribution in [0, 0.1) is 11.6 Å². The molecule has 112 valence electrons. The summed E-state index contributed by atoms with van der Waals surface area (Å²) in [6, 6.07) is 1.79. The lowest BCUT2D eigenvalue weighted by atomic mass is 10.2. The zero-order valence-electron chi connectivity index (χ0n) is 10.9. The molecule has 1 aliphatic rings. The predicted octanol–water partition coefficient (Wildman–Crippen LogP) is 2.43. The van der Waals surface area contributed by atoms with Crippen LogP contribution in [-0.4, -0.2) is 24.7 Å². The molecule has 0 bridgehead atoms. The van der Waals surface area contributed by atoms with E-state index in [0.717, 1.165) is 25.0 Å². The van der Waals surface area contributed by atoms with Crippen molar-refractivity contribution in [2.24, 2.45) is 5.73 Å². The van der Waals surface area contributed by atoms with E-state index in [9.17, 15) is 13.6 Å². The minimum Gasteiger partial charge on any atom is -0.486 e. The number of rotatable bonds is 5. The number of hydrogen-bond acceptors (Lipinski definition) is 4. The second-order valence-corrected chi connectivity index (χ2v) is 4.64. The Labute approximate surface area is 121 Å². The Bertz CT molecular complexity index is 483. The van der Waals surface area contributed by atoms with Crippen LogP contribution in [-0.2, 0) is 4.74 Å². The molecule has 0 aromatic heterocycles. The van der Waals surface area contributed by atoms with Gasteiger partial charge in [-0.1, -0.05) is 0 Å². The third kappa shape index (κ3) is 3.80. The maximum atomic E-state index is 13.7. The van der Waals surface area contributed by atoms with E-state index in [1.165, 1.54) is 0 Å². The number of carbonyl (C=O) groups is 1. The Kier molecular flexibility index (Phi) is 5.30. The van der Waals surface area contributed by atoms with Crippen molar-refractivity contribution in [1.82, 2.24) is 0 Å². The van der Waals surface area contributed by atoms with Crippen molar-refractivity contribution < 1.29 is 23.0 Å². The summed E-state index contributed by atoms with van der Waals surface area (Å²) < 4.78 is 37.1. The molecule has 0 heterocycles. The summed E-state index contributed by atoms with van der Waals surface area (Å²) in [5, 5.41) is 0. The Morgan fingerprint density at radius 3 is 2.35 bits per heavy atom. The molecular formula is C13H16ClF2NO3. The molecule has 1 aliphatic carbocycles. The Morgan fingerprint density at radius 1 is 1.35 bits per heavy atom. The van der Waals surface area contributed by atoms with Gasteiger partial charge >= 0.3 is 5.97 Å². The van der Waals surface area contributed by atoms with Gasteiger partial charge in [0.2, 0.25) is 0 Å². The van der Waals surface area contributed by atoms with Crippen molar-refractivity contribution in [2.45, 2.75) is 25.3 Å². The molecule has 2 rings (SSSR count). The summed E-state index contributed by atoms with van der Waals surface area (Å²) in [4.78, 5) is 11.4. The topological polar surface area (TPSA) is 61.5 Å². The van der Waals surface area contributed by atoms with Gasteiger partial charge in [0.1, 0.15) is 6.61 Å². The van der Waals surface area contributed by atoms with E-state index in [4.69, 9.17) is 10.5 Å². The van der Waals surface area contributed by atoms with Crippen LogP contribution in [0.1, 0.15) is 30.1 Å². The smallest absolute Gasteiger partial charge is 0.338 e. The largest absolute Gasteiger partial charge is 0.486 e. The Balaban J connectivity index is 0.00000200. The predicted molar refractivity (Wildman–Crippen MR) is 71.2 cm³/mol. The first kappa shape index (κ1) is 16.7. The molecule has 0 saturated heterocycles. The highest BCUT2D eigenvalue weighted by atomic mass is 35.5. The van der Waals surface area contributed by atoms with Gasteiger partial charge in [-0.25, -0.2) is 13.6 Å². The minimum atomic E-state index is -0.938. The molecule has 1 aromatic carbocycles. The van der Waals surface area contributed by atoms with Crippen molar-refractivity contribution in [1.29, 1.82) is 0 Å². The Morgan fingerprint density at radius 2 is 1.90 bits per heavy atom. The van der Waals surface area contributed by atoms with Crippen LogP contribution in [0.15, 0.2) is 12.1 Å². The number of nitrogens with two attached hydrogens (primary N) is 1. The van der Waals surface area contributed by atoms with E-state index in [2.05, 4.69) is 4.74 Å². The number of esters is 1. The standard InChI is InChI=1S/C13H15F2NO3.ClH/c1-2-18-12(17)8-5-9(14)11(10(15)6-8)19-7-13(16)3-4-13;/h5-6H,2-4,7,16H2,1H3;1H. The van der Waals surface area contributed by atoms with Crippen LogP contribution in [0.25, 0.3) is 0 Å². The highest BCUT2D eigenvalue weighted by molar-refractivity contribution is 5.89. The van der Waals surface area contributed by atoms with Gasteiger partial charge in [-0.2, -0.15) is 0 Å². The van der Waals surface area contributed by atoms with E-state index in [1.807, 2.05) is 0 Å². The van der Waals surface area contributed by atoms with E-state index in [0.29, 0.717) is 0 Å². The highest BCUT2D eigenvalue weighted by Gasteiger charge is 2.39. The first-order valence-electron chi connectivity index (χ1n) is 6.03. The summed E-state index contributed by atoms with van der Waals surface area (Å²) in [6.07, 6.45) is 1.55. The van der Waals surface area contributed by atoms with Gasteiger partial charge < -0.3 is 15.2 Å². The quantitative estimate of drug-likeness (QED) is 0.849. The first-order chi connectivity index (χ1) is 8.95. The van der Waals surface area contributed by atoms with Crippen LogP contribution in [0.4, 0.5) is 8.78 Å². The second-order valence-electron chi connectivity index (χ2n) is 4.64. The van der Waals surface area contributed by atoms with Gasteiger partial charge in [0.15, 0.2) is 17.4 Å². The van der Waals surface area contributed by atoms with Crippen molar-refractivity contribution in [3.8, 4) is 5.75 Å². The van der Waals surface area contributed by atoms with E-state index in [-0.39, 0.29) is 31.2 Å². The van der Waals surface area contributed by atoms with Crippen LogP contribution in [0.5, 0.6) is 5.75 Å². The van der Waals surface area contributed by atoms with Crippen molar-refractivity contribution >= 4 is 18.4 Å². The summed E-state index contributed by atoms with van der Waals surface area (Å²) >= 11 is 0. The highest BCUT2D eigenvalue weighted by Crippen LogP contribution is 2.33. The summed E-state index contributed by atoms with van der Waals surface area (Å²) in [6.45, 7) is 1.80. The molecule has 4 nitrogen and oxygen atoms in total. The third-order valence-electron chi connectivity index (χ3n) is 2.91. The fourth-order valence-corrected chi connectivity index (χ4v) is 1.55. The molecule has 2 N–H and O–H groups in total. The summed E-state index contributed by atoms with van der Waals surface area (Å²) in [5.74, 6) is -3.16. The lowest BCUT2D eigenvalue weighted by molar-refractivity contribution is 0.0525. The van der Waals surface area contributed by atoms with E-state index in [1.54, 1.807) is 6.92 Å². The van der Waals surface area contributed by atoms with Crippen LogP contribution < -0.4 is 10.5 Å². The monoisotopic (exact) mass is 307 g/mol. The number of hydrogen-bond donors (Lipinski definition) is 1. The fourth-order valence-electron chi connectivity index (χ4n) is 1.55. The maximum Gasteiger partial charge on any atom is 0.338 e. The fraction of sp³-hybridized carbons (Fsp3) is 0.462. The zero-order valence-corrected chi connectivity index (χ0v) is 11.8. The minimum absolute atomic E-state index is 0. The number of ether oxygens (including phenoxy) is 2. The molecule has 0 aliphatic heterocycles. The summed E-state index contributed by atoms with van der Waals surface area (Å²) in [7, 11) is 0. The van der Waals surface area contributed by atoms with Crippen molar-refractivity contribution in [3.05, 3.63) is 29.3 Å². The molecule has 0 amide bonds. The molecule has 1 aromatic rings. The lowest BCUT2D eigenvalue weighted by Gasteiger charge is -2.13. The van der Waals surface area contributed by atoms with Crippen molar-refractivity contribution in [2.75, 3.05) is 13.2 Å². The van der Waals surface area contributed by atoms with Gasteiger partial charge in [0, 0.05) is 0 Å². The first-order valence-corrected chi connectivity index (χ1v) is 6.03. The Hall–Kier alpha value is -1.40. The van der Waals surface area contributed by atoms with Gasteiger partial charge in [0.05, 0.1) is 17.7 Å². The molecule has 0 spiro atoms. The zero-order chi connectivity index (χ0) is 14.0. The molecule has 0 atom stereocenters. The molecule has 20 heavy (non-hydrogen) atoms. The maximum absolute atomic E-state index is 13.7. The van der Waals surface area contributed by atoms with Crippen LogP contribution >= 0.6 is 12.4 Å². The number of carbonyl (C=O) groups excluding carboxylic acids is 1. The van der Waals surface area contributed by atoms with E-state index < -0.39 is 28.9 Å². The van der Waals surface area contributed by atoms with Crippen LogP contribution in [0.2, 0.25) is 0 Å². The number of benzene rings is 1. The third-order valence-corrected chi connectivity index (χ3v) is 2.91. The molecule has 1 fully saturated rings.